The van der Waals surface area contributed by atoms with Crippen LogP contribution in [0.3, 0.4) is 0 Å². The van der Waals surface area contributed by atoms with Crippen molar-refractivity contribution in [1.29, 1.82) is 0 Å². The summed E-state index contributed by atoms with van der Waals surface area (Å²) in [5, 5.41) is 95.9. The van der Waals surface area contributed by atoms with Crippen LogP contribution >= 0.6 is 0 Å². The van der Waals surface area contributed by atoms with Gasteiger partial charge in [0.1, 0.15) is 53.5 Å². The second-order valence-electron chi connectivity index (χ2n) is 12.0. The lowest BCUT2D eigenvalue weighted by molar-refractivity contribution is -0.322. The number of benzene rings is 4. The number of nitrogens with zero attached hydrogens (tertiary/aromatic N) is 2. The molecule has 1 heterocycles. The molecule has 9 N–H and O–H groups in total. The number of esters is 1. The number of fused-ring (bicyclic) bond motifs is 2. The summed E-state index contributed by atoms with van der Waals surface area (Å²) in [5.41, 5.74) is 0.506. The fourth-order valence-corrected chi connectivity index (χ4v) is 5.89. The molecule has 0 bridgehead atoms. The van der Waals surface area contributed by atoms with Crippen molar-refractivity contribution in [3.63, 3.8) is 0 Å². The SMILES string of the molecule is CC(=O)O[C@@H]1[C@@H](O)[C@@H](O[C@@H](CN=Cc2c(O)cc(O)c3ccccc23)[C@@H](CO)O[C@H](O)CN=Cc2c(O)cc(O)c3ccccc23)O[C@@H](CO)[C@H]1O. The van der Waals surface area contributed by atoms with Gasteiger partial charge in [-0.2, -0.15) is 0 Å². The maximum absolute atomic E-state index is 11.7. The molecule has 0 aromatic heterocycles. The van der Waals surface area contributed by atoms with Crippen LogP contribution in [0.1, 0.15) is 18.1 Å². The highest BCUT2D eigenvalue weighted by molar-refractivity contribution is 6.05. The average molecular weight is 725 g/mol. The number of carbonyl (C=O) groups excluding carboxylic acids is 1. The number of rotatable bonds is 14. The van der Waals surface area contributed by atoms with Crippen LogP contribution in [0.5, 0.6) is 23.0 Å². The van der Waals surface area contributed by atoms with Crippen molar-refractivity contribution in [3.8, 4) is 23.0 Å². The molecule has 0 amide bonds. The van der Waals surface area contributed by atoms with Crippen LogP contribution in [0.2, 0.25) is 0 Å². The molecule has 1 aliphatic rings. The van der Waals surface area contributed by atoms with E-state index in [1.165, 1.54) is 12.4 Å². The summed E-state index contributed by atoms with van der Waals surface area (Å²) < 4.78 is 22.3. The van der Waals surface area contributed by atoms with E-state index in [-0.39, 0.29) is 40.7 Å². The zero-order valence-corrected chi connectivity index (χ0v) is 27.8. The zero-order valence-electron chi connectivity index (χ0n) is 27.8. The summed E-state index contributed by atoms with van der Waals surface area (Å²) in [4.78, 5) is 20.2. The minimum Gasteiger partial charge on any atom is -0.507 e. The van der Waals surface area contributed by atoms with E-state index in [2.05, 4.69) is 9.98 Å². The fourth-order valence-electron chi connectivity index (χ4n) is 5.89. The first-order chi connectivity index (χ1) is 24.9. The highest BCUT2D eigenvalue weighted by atomic mass is 16.7. The highest BCUT2D eigenvalue weighted by Gasteiger charge is 2.48. The Morgan fingerprint density at radius 3 is 1.81 bits per heavy atom. The van der Waals surface area contributed by atoms with Crippen molar-refractivity contribution < 1.29 is 69.7 Å². The Balaban J connectivity index is 1.39. The molecule has 4 aromatic rings. The summed E-state index contributed by atoms with van der Waals surface area (Å²) in [6.45, 7) is -1.22. The molecular formula is C36H40N2O14. The summed E-state index contributed by atoms with van der Waals surface area (Å²) >= 11 is 0. The standard InChI is InChI=1S/C36H40N2O14/c1-18(41)49-35-33(47)31(17-40)52-36(34(35)48)51-29(14-37-12-23-19-6-2-4-8-21(19)25(42)10-27(23)44)30(16-39)50-32(46)15-38-13-24-20-7-3-5-9-22(20)26(43)11-28(24)45/h2-13,29-36,39-40,42-48H,14-17H2,1H3/t29-,30+,31-,32-,33+,34+,35-,36-/m0/s1. The maximum atomic E-state index is 11.7. The molecule has 1 saturated heterocycles. The number of aliphatic hydroxyl groups excluding tert-OH is 5. The van der Waals surface area contributed by atoms with E-state index < -0.39 is 74.9 Å². The lowest BCUT2D eigenvalue weighted by Crippen LogP contribution is -2.61. The second-order valence-corrected chi connectivity index (χ2v) is 12.0. The van der Waals surface area contributed by atoms with Crippen LogP contribution in [0.15, 0.2) is 70.6 Å². The molecule has 8 atom stereocenters. The van der Waals surface area contributed by atoms with Crippen LogP contribution in [0.4, 0.5) is 0 Å². The van der Waals surface area contributed by atoms with Gasteiger partial charge in [0.05, 0.1) is 26.3 Å². The molecule has 0 aliphatic carbocycles. The first kappa shape index (κ1) is 38.3. The molecule has 4 aromatic carbocycles. The Kier molecular flexibility index (Phi) is 12.6. The smallest absolute Gasteiger partial charge is 0.303 e. The van der Waals surface area contributed by atoms with Crippen LogP contribution < -0.4 is 0 Å². The topological polar surface area (TPSA) is 261 Å². The number of carbonyl (C=O) groups is 1. The van der Waals surface area contributed by atoms with Crippen molar-refractivity contribution in [2.75, 3.05) is 26.3 Å². The summed E-state index contributed by atoms with van der Waals surface area (Å²) in [5.74, 6) is -1.67. The molecule has 0 unspecified atom stereocenters. The van der Waals surface area contributed by atoms with Gasteiger partial charge in [-0.05, 0) is 10.8 Å². The predicted octanol–water partition coefficient (Wildman–Crippen LogP) is 0.805. The molecule has 52 heavy (non-hydrogen) atoms. The van der Waals surface area contributed by atoms with Gasteiger partial charge in [-0.1, -0.05) is 48.5 Å². The predicted molar refractivity (Wildman–Crippen MR) is 186 cm³/mol. The van der Waals surface area contributed by atoms with Gasteiger partial charge in [-0.15, -0.1) is 0 Å². The number of aliphatic imine (C=N–C) groups is 2. The first-order valence-corrected chi connectivity index (χ1v) is 16.2. The number of aromatic hydroxyl groups is 4. The molecule has 0 saturated carbocycles. The van der Waals surface area contributed by atoms with Crippen molar-refractivity contribution in [2.24, 2.45) is 9.98 Å². The van der Waals surface area contributed by atoms with E-state index in [1.807, 2.05) is 0 Å². The van der Waals surface area contributed by atoms with Gasteiger partial charge in [-0.25, -0.2) is 0 Å². The Labute approximate surface area is 296 Å². The zero-order chi connectivity index (χ0) is 37.5. The van der Waals surface area contributed by atoms with Gasteiger partial charge in [0, 0.05) is 53.4 Å². The van der Waals surface area contributed by atoms with Gasteiger partial charge in [0.25, 0.3) is 0 Å². The third kappa shape index (κ3) is 8.58. The number of aliphatic hydroxyl groups is 5. The molecule has 5 rings (SSSR count). The molecule has 1 fully saturated rings. The van der Waals surface area contributed by atoms with Crippen molar-refractivity contribution >= 4 is 39.9 Å². The van der Waals surface area contributed by atoms with Crippen LogP contribution in [-0.4, -0.2) is 140 Å². The van der Waals surface area contributed by atoms with E-state index in [4.69, 9.17) is 18.9 Å². The Morgan fingerprint density at radius 2 is 1.31 bits per heavy atom. The Bertz CT molecular complexity index is 1920. The van der Waals surface area contributed by atoms with E-state index in [0.717, 1.165) is 19.1 Å². The summed E-state index contributed by atoms with van der Waals surface area (Å²) in [6, 6.07) is 15.8. The summed E-state index contributed by atoms with van der Waals surface area (Å²) in [7, 11) is 0. The van der Waals surface area contributed by atoms with E-state index in [1.54, 1.807) is 48.5 Å². The van der Waals surface area contributed by atoms with Gasteiger partial charge in [0.2, 0.25) is 0 Å². The number of hydrogen-bond donors (Lipinski definition) is 9. The van der Waals surface area contributed by atoms with Crippen LogP contribution in [-0.2, 0) is 23.7 Å². The number of hydrogen-bond acceptors (Lipinski definition) is 16. The van der Waals surface area contributed by atoms with E-state index in [0.29, 0.717) is 21.5 Å². The van der Waals surface area contributed by atoms with Gasteiger partial charge >= 0.3 is 5.97 Å². The van der Waals surface area contributed by atoms with Gasteiger partial charge < -0.3 is 64.9 Å². The number of phenols is 4. The average Bonchev–Trinajstić information content (AvgIpc) is 3.12. The van der Waals surface area contributed by atoms with Crippen LogP contribution in [0.25, 0.3) is 21.5 Å². The van der Waals surface area contributed by atoms with Crippen molar-refractivity contribution in [1.82, 2.24) is 0 Å². The van der Waals surface area contributed by atoms with E-state index >= 15 is 0 Å². The van der Waals surface area contributed by atoms with Gasteiger partial charge in [0.15, 0.2) is 18.7 Å². The molecular weight excluding hydrogens is 684 g/mol. The number of phenolic OH excluding ortho intramolecular Hbond substituents is 4. The third-order valence-electron chi connectivity index (χ3n) is 8.43. The van der Waals surface area contributed by atoms with Crippen LogP contribution in [0, 0.1) is 0 Å². The fraction of sp³-hybridized carbons (Fsp3) is 0.361. The minimum absolute atomic E-state index is 0.132. The minimum atomic E-state index is -1.79. The second kappa shape index (κ2) is 17.1. The molecule has 278 valence electrons. The molecule has 16 heteroatoms. The van der Waals surface area contributed by atoms with Gasteiger partial charge in [-0.3, -0.25) is 14.8 Å². The first-order valence-electron chi connectivity index (χ1n) is 16.2. The lowest BCUT2D eigenvalue weighted by atomic mass is 9.99. The monoisotopic (exact) mass is 724 g/mol. The van der Waals surface area contributed by atoms with Crippen molar-refractivity contribution in [3.05, 3.63) is 71.8 Å². The van der Waals surface area contributed by atoms with E-state index in [9.17, 15) is 50.8 Å². The molecule has 16 nitrogen and oxygen atoms in total. The third-order valence-corrected chi connectivity index (χ3v) is 8.43. The Morgan fingerprint density at radius 1 is 0.788 bits per heavy atom. The Hall–Kier alpha value is -4.91. The molecule has 1 aliphatic heterocycles. The lowest BCUT2D eigenvalue weighted by Gasteiger charge is -2.42. The normalized spacial score (nSPS) is 22.6. The maximum Gasteiger partial charge on any atom is 0.303 e. The number of ether oxygens (including phenoxy) is 4. The van der Waals surface area contributed by atoms with Crippen molar-refractivity contribution in [2.45, 2.75) is 56.1 Å². The summed E-state index contributed by atoms with van der Waals surface area (Å²) in [6.07, 6.45) is -9.85. The molecule has 0 radical (unpaired) electrons. The quantitative estimate of drug-likeness (QED) is 0.0495. The highest BCUT2D eigenvalue weighted by Crippen LogP contribution is 2.35. The molecule has 0 spiro atoms. The largest absolute Gasteiger partial charge is 0.507 e.